The van der Waals surface area contributed by atoms with E-state index in [1.54, 1.807) is 7.05 Å². The van der Waals surface area contributed by atoms with E-state index in [4.69, 9.17) is 4.74 Å². The summed E-state index contributed by atoms with van der Waals surface area (Å²) in [6.07, 6.45) is 1.11. The lowest BCUT2D eigenvalue weighted by molar-refractivity contribution is -0.0946. The van der Waals surface area contributed by atoms with E-state index in [1.807, 2.05) is 0 Å². The van der Waals surface area contributed by atoms with Gasteiger partial charge in [-0.3, -0.25) is 9.89 Å². The lowest BCUT2D eigenvalue weighted by Crippen LogP contribution is -2.59. The van der Waals surface area contributed by atoms with Crippen LogP contribution in [-0.2, 0) is 14.6 Å². The van der Waals surface area contributed by atoms with Gasteiger partial charge in [0.2, 0.25) is 0 Å². The van der Waals surface area contributed by atoms with Gasteiger partial charge in [0, 0.05) is 38.3 Å². The summed E-state index contributed by atoms with van der Waals surface area (Å²) in [5, 5.41) is 6.58. The SMILES string of the molecule is CN=C(NCC(C)(C)N1CC(C)OC(C)C1)NC1CCS(=O)(=O)C1.I. The minimum Gasteiger partial charge on any atom is -0.373 e. The molecule has 25 heavy (non-hydrogen) atoms. The van der Waals surface area contributed by atoms with Crippen molar-refractivity contribution in [1.29, 1.82) is 0 Å². The molecule has 0 aromatic rings. The minimum atomic E-state index is -2.89. The van der Waals surface area contributed by atoms with E-state index in [1.165, 1.54) is 0 Å². The fourth-order valence-electron chi connectivity index (χ4n) is 3.38. The molecule has 2 aliphatic rings. The van der Waals surface area contributed by atoms with Crippen molar-refractivity contribution in [2.24, 2.45) is 4.99 Å². The number of morpholine rings is 1. The molecule has 2 heterocycles. The molecule has 2 N–H and O–H groups in total. The molecule has 0 radical (unpaired) electrons. The summed E-state index contributed by atoms with van der Waals surface area (Å²) in [7, 11) is -1.18. The Morgan fingerprint density at radius 2 is 1.88 bits per heavy atom. The van der Waals surface area contributed by atoms with E-state index in [0.29, 0.717) is 12.4 Å². The maximum atomic E-state index is 11.6. The molecule has 148 valence electrons. The normalized spacial score (nSPS) is 30.6. The zero-order valence-electron chi connectivity index (χ0n) is 15.9. The average Bonchev–Trinajstić information content (AvgIpc) is 2.81. The number of aliphatic imine (C=N–C) groups is 1. The van der Waals surface area contributed by atoms with Crippen molar-refractivity contribution in [2.75, 3.05) is 38.2 Å². The molecule has 0 saturated carbocycles. The van der Waals surface area contributed by atoms with E-state index < -0.39 is 9.84 Å². The summed E-state index contributed by atoms with van der Waals surface area (Å²) < 4.78 is 29.0. The van der Waals surface area contributed by atoms with Crippen LogP contribution < -0.4 is 10.6 Å². The molecular formula is C16H33IN4O3S. The van der Waals surface area contributed by atoms with Crippen LogP contribution in [0.1, 0.15) is 34.1 Å². The number of guanidine groups is 1. The summed E-state index contributed by atoms with van der Waals surface area (Å²) >= 11 is 0. The summed E-state index contributed by atoms with van der Waals surface area (Å²) in [6, 6.07) is -0.0484. The van der Waals surface area contributed by atoms with Crippen molar-refractivity contribution in [3.05, 3.63) is 0 Å². The maximum Gasteiger partial charge on any atom is 0.191 e. The summed E-state index contributed by atoms with van der Waals surface area (Å²) in [5.74, 6) is 1.12. The van der Waals surface area contributed by atoms with Gasteiger partial charge in [0.05, 0.1) is 23.7 Å². The zero-order valence-corrected chi connectivity index (χ0v) is 19.1. The monoisotopic (exact) mass is 488 g/mol. The van der Waals surface area contributed by atoms with Crippen molar-refractivity contribution in [2.45, 2.75) is 57.9 Å². The third-order valence-electron chi connectivity index (χ3n) is 4.76. The van der Waals surface area contributed by atoms with Gasteiger partial charge in [-0.25, -0.2) is 8.42 Å². The summed E-state index contributed by atoms with van der Waals surface area (Å²) in [5.41, 5.74) is -0.0499. The topological polar surface area (TPSA) is 83.0 Å². The van der Waals surface area contributed by atoms with Crippen molar-refractivity contribution in [3.8, 4) is 0 Å². The second kappa shape index (κ2) is 9.18. The first-order chi connectivity index (χ1) is 11.1. The lowest BCUT2D eigenvalue weighted by Gasteiger charge is -2.45. The standard InChI is InChI=1S/C16H32N4O3S.HI/c1-12-8-20(9-13(2)23-12)16(3,4)11-18-15(17-5)19-14-6-7-24(21,22)10-14;/h12-14H,6-11H2,1-5H3,(H2,17,18,19);1H. The fourth-order valence-corrected chi connectivity index (χ4v) is 5.05. The largest absolute Gasteiger partial charge is 0.373 e. The van der Waals surface area contributed by atoms with Crippen LogP contribution in [-0.4, -0.2) is 81.3 Å². The van der Waals surface area contributed by atoms with E-state index in [-0.39, 0.29) is 59.3 Å². The van der Waals surface area contributed by atoms with Crippen LogP contribution in [0.4, 0.5) is 0 Å². The Morgan fingerprint density at radius 3 is 2.36 bits per heavy atom. The molecule has 2 aliphatic heterocycles. The molecule has 0 amide bonds. The number of sulfone groups is 1. The molecule has 2 fully saturated rings. The first-order valence-electron chi connectivity index (χ1n) is 8.69. The number of hydrogen-bond donors (Lipinski definition) is 2. The number of rotatable bonds is 4. The smallest absolute Gasteiger partial charge is 0.191 e. The van der Waals surface area contributed by atoms with Crippen LogP contribution in [0.25, 0.3) is 0 Å². The number of ether oxygens (including phenoxy) is 1. The van der Waals surface area contributed by atoms with Crippen molar-refractivity contribution in [1.82, 2.24) is 15.5 Å². The highest BCUT2D eigenvalue weighted by Gasteiger charge is 2.34. The number of hydrogen-bond acceptors (Lipinski definition) is 5. The second-order valence-corrected chi connectivity index (χ2v) is 9.87. The van der Waals surface area contributed by atoms with E-state index in [2.05, 4.69) is 48.2 Å². The van der Waals surface area contributed by atoms with Gasteiger partial charge in [-0.05, 0) is 34.1 Å². The predicted octanol–water partition coefficient (Wildman–Crippen LogP) is 0.844. The molecule has 3 unspecified atom stereocenters. The zero-order chi connectivity index (χ0) is 18.0. The molecular weight excluding hydrogens is 455 g/mol. The Kier molecular flexibility index (Phi) is 8.42. The van der Waals surface area contributed by atoms with E-state index in [9.17, 15) is 8.42 Å². The highest BCUT2D eigenvalue weighted by Crippen LogP contribution is 2.20. The van der Waals surface area contributed by atoms with Crippen LogP contribution in [0.5, 0.6) is 0 Å². The Labute approximate surface area is 169 Å². The van der Waals surface area contributed by atoms with E-state index >= 15 is 0 Å². The van der Waals surface area contributed by atoms with Crippen LogP contribution in [0.15, 0.2) is 4.99 Å². The van der Waals surface area contributed by atoms with Crippen LogP contribution >= 0.6 is 24.0 Å². The minimum absolute atomic E-state index is 0. The molecule has 0 aromatic carbocycles. The number of halogens is 1. The van der Waals surface area contributed by atoms with Gasteiger partial charge in [0.15, 0.2) is 15.8 Å². The number of nitrogens with one attached hydrogen (secondary N) is 2. The van der Waals surface area contributed by atoms with Crippen molar-refractivity contribution >= 4 is 39.8 Å². The molecule has 0 spiro atoms. The first kappa shape index (κ1) is 22.9. The number of nitrogens with zero attached hydrogens (tertiary/aromatic N) is 2. The van der Waals surface area contributed by atoms with Gasteiger partial charge < -0.3 is 15.4 Å². The average molecular weight is 488 g/mol. The van der Waals surface area contributed by atoms with Crippen molar-refractivity contribution < 1.29 is 13.2 Å². The third kappa shape index (κ3) is 6.84. The highest BCUT2D eigenvalue weighted by atomic mass is 127. The van der Waals surface area contributed by atoms with Gasteiger partial charge in [-0.15, -0.1) is 24.0 Å². The Morgan fingerprint density at radius 1 is 1.28 bits per heavy atom. The molecule has 9 heteroatoms. The van der Waals surface area contributed by atoms with Crippen molar-refractivity contribution in [3.63, 3.8) is 0 Å². The van der Waals surface area contributed by atoms with Crippen LogP contribution in [0, 0.1) is 0 Å². The molecule has 7 nitrogen and oxygen atoms in total. The van der Waals surface area contributed by atoms with Gasteiger partial charge in [-0.1, -0.05) is 0 Å². The highest BCUT2D eigenvalue weighted by molar-refractivity contribution is 14.0. The van der Waals surface area contributed by atoms with Crippen LogP contribution in [0.2, 0.25) is 0 Å². The molecule has 0 bridgehead atoms. The Balaban J connectivity index is 0.00000312. The third-order valence-corrected chi connectivity index (χ3v) is 6.53. The first-order valence-corrected chi connectivity index (χ1v) is 10.5. The molecule has 0 aliphatic carbocycles. The second-order valence-electron chi connectivity index (χ2n) is 7.64. The van der Waals surface area contributed by atoms with Gasteiger partial charge >= 0.3 is 0 Å². The molecule has 2 rings (SSSR count). The Hall–Kier alpha value is -0.130. The Bertz CT molecular complexity index is 558. The predicted molar refractivity (Wildman–Crippen MR) is 113 cm³/mol. The lowest BCUT2D eigenvalue weighted by atomic mass is 10.00. The summed E-state index contributed by atoms with van der Waals surface area (Å²) in [6.45, 7) is 11.2. The van der Waals surface area contributed by atoms with Gasteiger partial charge in [0.25, 0.3) is 0 Å². The van der Waals surface area contributed by atoms with Crippen LogP contribution in [0.3, 0.4) is 0 Å². The van der Waals surface area contributed by atoms with Gasteiger partial charge in [-0.2, -0.15) is 0 Å². The maximum absolute atomic E-state index is 11.6. The van der Waals surface area contributed by atoms with Gasteiger partial charge in [0.1, 0.15) is 0 Å². The molecule has 2 saturated heterocycles. The van der Waals surface area contributed by atoms with E-state index in [0.717, 1.165) is 19.6 Å². The quantitative estimate of drug-likeness (QED) is 0.347. The molecule has 3 atom stereocenters. The molecule has 0 aromatic heterocycles. The fraction of sp³-hybridized carbons (Fsp3) is 0.938. The summed E-state index contributed by atoms with van der Waals surface area (Å²) in [4.78, 5) is 6.67.